The second-order valence-corrected chi connectivity index (χ2v) is 7.06. The van der Waals surface area contributed by atoms with Gasteiger partial charge in [0.25, 0.3) is 11.5 Å². The van der Waals surface area contributed by atoms with E-state index in [1.165, 1.54) is 4.57 Å². The molecular weight excluding hydrogens is 362 g/mol. The van der Waals surface area contributed by atoms with Crippen LogP contribution < -0.4 is 10.9 Å². The minimum absolute atomic E-state index is 0.00443. The van der Waals surface area contributed by atoms with E-state index in [-0.39, 0.29) is 5.92 Å². The lowest BCUT2D eigenvalue weighted by Gasteiger charge is -2.24. The monoisotopic (exact) mass is 385 g/mol. The van der Waals surface area contributed by atoms with Gasteiger partial charge in [0.2, 0.25) is 5.88 Å². The number of amides is 1. The van der Waals surface area contributed by atoms with E-state index < -0.39 is 35.4 Å². The third-order valence-electron chi connectivity index (χ3n) is 4.98. The van der Waals surface area contributed by atoms with E-state index in [0.717, 1.165) is 37.7 Å². The summed E-state index contributed by atoms with van der Waals surface area (Å²) >= 11 is 0. The van der Waals surface area contributed by atoms with Gasteiger partial charge in [0.15, 0.2) is 5.56 Å². The molecule has 1 amide bonds. The molecule has 1 fully saturated rings. The first-order chi connectivity index (χ1) is 13.4. The van der Waals surface area contributed by atoms with Crippen LogP contribution in [0.5, 0.6) is 5.88 Å². The van der Waals surface area contributed by atoms with Gasteiger partial charge >= 0.3 is 5.97 Å². The summed E-state index contributed by atoms with van der Waals surface area (Å²) < 4.78 is 1.37. The molecule has 3 N–H and O–H groups in total. The van der Waals surface area contributed by atoms with E-state index >= 15 is 0 Å². The quantitative estimate of drug-likeness (QED) is 0.725. The minimum Gasteiger partial charge on any atom is -0.493 e. The zero-order chi connectivity index (χ0) is 20.3. The van der Waals surface area contributed by atoms with Crippen molar-refractivity contribution in [3.8, 4) is 11.6 Å². The van der Waals surface area contributed by atoms with E-state index in [4.69, 9.17) is 5.11 Å². The van der Waals surface area contributed by atoms with Crippen LogP contribution >= 0.6 is 0 Å². The maximum Gasteiger partial charge on any atom is 0.322 e. The number of aryl methyl sites for hydroxylation is 1. The van der Waals surface area contributed by atoms with Crippen LogP contribution in [0.2, 0.25) is 0 Å². The number of carbonyl (C=O) groups excluding carboxylic acids is 1. The molecule has 148 valence electrons. The van der Waals surface area contributed by atoms with Crippen LogP contribution in [0.25, 0.3) is 5.69 Å². The molecule has 0 unspecified atom stereocenters. The number of hydrogen-bond acceptors (Lipinski definition) is 5. The van der Waals surface area contributed by atoms with Crippen LogP contribution in [0.1, 0.15) is 59.8 Å². The van der Waals surface area contributed by atoms with E-state index in [9.17, 15) is 19.5 Å². The number of aromatic hydroxyl groups is 1. The Kier molecular flexibility index (Phi) is 5.77. The lowest BCUT2D eigenvalue weighted by Crippen LogP contribution is -2.37. The summed E-state index contributed by atoms with van der Waals surface area (Å²) in [7, 11) is 0. The number of carboxylic acid groups (broad SMARTS) is 1. The number of benzene rings is 1. The van der Waals surface area contributed by atoms with Crippen molar-refractivity contribution in [1.82, 2.24) is 14.9 Å². The molecule has 8 nitrogen and oxygen atoms in total. The highest BCUT2D eigenvalue weighted by molar-refractivity contribution is 5.97. The van der Waals surface area contributed by atoms with Crippen molar-refractivity contribution in [3.63, 3.8) is 0 Å². The molecule has 0 atom stereocenters. The summed E-state index contributed by atoms with van der Waals surface area (Å²) in [5.74, 6) is -2.45. The summed E-state index contributed by atoms with van der Waals surface area (Å²) in [6, 6.07) is 7.23. The summed E-state index contributed by atoms with van der Waals surface area (Å²) in [4.78, 5) is 40.4. The number of nitrogens with zero attached hydrogens (tertiary/aromatic N) is 2. The molecular formula is C20H23N3O5. The molecule has 0 saturated heterocycles. The Morgan fingerprint density at radius 1 is 1.18 bits per heavy atom. The second-order valence-electron chi connectivity index (χ2n) is 7.06. The number of rotatable bonds is 5. The fourth-order valence-corrected chi connectivity index (χ4v) is 3.55. The zero-order valence-electron chi connectivity index (χ0n) is 15.6. The molecule has 3 rings (SSSR count). The van der Waals surface area contributed by atoms with Gasteiger partial charge in [-0.3, -0.25) is 19.0 Å². The van der Waals surface area contributed by atoms with Crippen molar-refractivity contribution in [2.24, 2.45) is 0 Å². The van der Waals surface area contributed by atoms with Crippen LogP contribution in [0.15, 0.2) is 29.1 Å². The van der Waals surface area contributed by atoms with Gasteiger partial charge in [0, 0.05) is 5.92 Å². The highest BCUT2D eigenvalue weighted by atomic mass is 16.4. The maximum absolute atomic E-state index is 13.2. The number of hydrogen-bond donors (Lipinski definition) is 3. The van der Waals surface area contributed by atoms with Crippen molar-refractivity contribution >= 4 is 11.9 Å². The van der Waals surface area contributed by atoms with Gasteiger partial charge in [-0.1, -0.05) is 37.0 Å². The summed E-state index contributed by atoms with van der Waals surface area (Å²) in [6.07, 6.45) is 4.84. The van der Waals surface area contributed by atoms with E-state index in [1.54, 1.807) is 12.1 Å². The summed E-state index contributed by atoms with van der Waals surface area (Å²) in [5.41, 5.74) is 0.305. The van der Waals surface area contributed by atoms with Crippen LogP contribution in [-0.2, 0) is 4.79 Å². The molecule has 1 aromatic heterocycles. The molecule has 0 spiro atoms. The van der Waals surface area contributed by atoms with Gasteiger partial charge in [-0.25, -0.2) is 0 Å². The Hall–Kier alpha value is -3.16. The van der Waals surface area contributed by atoms with Gasteiger partial charge in [0.1, 0.15) is 12.4 Å². The molecule has 28 heavy (non-hydrogen) atoms. The smallest absolute Gasteiger partial charge is 0.322 e. The first-order valence-corrected chi connectivity index (χ1v) is 9.31. The van der Waals surface area contributed by atoms with Crippen molar-refractivity contribution in [3.05, 3.63) is 51.6 Å². The summed E-state index contributed by atoms with van der Waals surface area (Å²) in [6.45, 7) is 1.26. The first-order valence-electron chi connectivity index (χ1n) is 9.31. The molecule has 0 aliphatic heterocycles. The molecule has 1 saturated carbocycles. The molecule has 0 radical (unpaired) electrons. The number of carbonyl (C=O) groups is 2. The Labute approximate surface area is 161 Å². The first kappa shape index (κ1) is 19.6. The Morgan fingerprint density at radius 2 is 1.82 bits per heavy atom. The largest absolute Gasteiger partial charge is 0.493 e. The number of carboxylic acids is 1. The number of nitrogens with one attached hydrogen (secondary N) is 1. The van der Waals surface area contributed by atoms with Crippen molar-refractivity contribution < 1.29 is 19.8 Å². The molecule has 2 aromatic rings. The van der Waals surface area contributed by atoms with Gasteiger partial charge < -0.3 is 15.5 Å². The van der Waals surface area contributed by atoms with Gasteiger partial charge in [0.05, 0.1) is 5.69 Å². The normalized spacial score (nSPS) is 14.6. The second kappa shape index (κ2) is 8.24. The van der Waals surface area contributed by atoms with Crippen molar-refractivity contribution in [2.75, 3.05) is 6.54 Å². The summed E-state index contributed by atoms with van der Waals surface area (Å²) in [5, 5.41) is 21.2. The minimum atomic E-state index is -1.25. The Bertz CT molecular complexity index is 944. The predicted molar refractivity (Wildman–Crippen MR) is 102 cm³/mol. The van der Waals surface area contributed by atoms with Crippen LogP contribution in [-0.4, -0.2) is 38.2 Å². The third-order valence-corrected chi connectivity index (χ3v) is 4.98. The predicted octanol–water partition coefficient (Wildman–Crippen LogP) is 2.11. The van der Waals surface area contributed by atoms with Gasteiger partial charge in [-0.15, -0.1) is 0 Å². The zero-order valence-corrected chi connectivity index (χ0v) is 15.6. The lowest BCUT2D eigenvalue weighted by molar-refractivity contribution is -0.135. The molecule has 8 heteroatoms. The molecule has 1 heterocycles. The molecule has 0 bridgehead atoms. The van der Waals surface area contributed by atoms with Crippen molar-refractivity contribution in [2.45, 2.75) is 44.9 Å². The van der Waals surface area contributed by atoms with E-state index in [0.29, 0.717) is 11.5 Å². The van der Waals surface area contributed by atoms with E-state index in [1.807, 2.05) is 19.1 Å². The van der Waals surface area contributed by atoms with Crippen LogP contribution in [0.4, 0.5) is 0 Å². The fraction of sp³-hybridized carbons (Fsp3) is 0.400. The SMILES string of the molecule is Cc1ccc(-n2c(C3CCCCC3)nc(O)c(C(=O)NCC(=O)O)c2=O)cc1. The highest BCUT2D eigenvalue weighted by Gasteiger charge is 2.28. The Balaban J connectivity index is 2.15. The Morgan fingerprint density at radius 3 is 2.43 bits per heavy atom. The third kappa shape index (κ3) is 4.05. The molecule has 1 aromatic carbocycles. The molecule has 1 aliphatic carbocycles. The molecule has 1 aliphatic rings. The van der Waals surface area contributed by atoms with Gasteiger partial charge in [-0.05, 0) is 31.9 Å². The average Bonchev–Trinajstić information content (AvgIpc) is 2.67. The topological polar surface area (TPSA) is 122 Å². The van der Waals surface area contributed by atoms with Gasteiger partial charge in [-0.2, -0.15) is 4.98 Å². The van der Waals surface area contributed by atoms with Crippen LogP contribution in [0.3, 0.4) is 0 Å². The fourth-order valence-electron chi connectivity index (χ4n) is 3.55. The average molecular weight is 385 g/mol. The highest BCUT2D eigenvalue weighted by Crippen LogP contribution is 2.33. The number of aliphatic carboxylic acids is 1. The van der Waals surface area contributed by atoms with E-state index in [2.05, 4.69) is 10.3 Å². The number of aromatic nitrogens is 2. The van der Waals surface area contributed by atoms with Crippen LogP contribution in [0, 0.1) is 6.92 Å². The standard InChI is InChI=1S/C20H23N3O5/c1-12-7-9-14(10-8-12)23-17(13-5-3-2-4-6-13)22-19(27)16(20(23)28)18(26)21-11-15(24)25/h7-10,13,27H,2-6,11H2,1H3,(H,21,26)(H,24,25). The van der Waals surface area contributed by atoms with Crippen molar-refractivity contribution in [1.29, 1.82) is 0 Å². The lowest BCUT2D eigenvalue weighted by atomic mass is 9.88. The maximum atomic E-state index is 13.2.